The molecule has 8 nitrogen and oxygen atoms in total. The number of rotatable bonds is 6. The normalized spacial score (nSPS) is 15.8. The maximum atomic E-state index is 12.7. The topological polar surface area (TPSA) is 92.5 Å². The fourth-order valence-corrected chi connectivity index (χ4v) is 3.17. The summed E-state index contributed by atoms with van der Waals surface area (Å²) in [5.74, 6) is 0.412. The molecule has 1 N–H and O–H groups in total. The highest BCUT2D eigenvalue weighted by Gasteiger charge is 2.34. The van der Waals surface area contributed by atoms with Crippen LogP contribution >= 0.6 is 0 Å². The molecule has 1 aliphatic rings. The number of aromatic nitrogens is 3. The molecule has 4 rings (SSSR count). The summed E-state index contributed by atoms with van der Waals surface area (Å²) >= 11 is 0. The first-order valence-corrected chi connectivity index (χ1v) is 9.25. The molecule has 1 atom stereocenters. The van der Waals surface area contributed by atoms with Crippen molar-refractivity contribution >= 4 is 23.1 Å². The van der Waals surface area contributed by atoms with Gasteiger partial charge in [-0.3, -0.25) is 19.2 Å². The average molecular weight is 388 g/mol. The van der Waals surface area contributed by atoms with Crippen LogP contribution in [-0.2, 0) is 16.1 Å². The van der Waals surface area contributed by atoms with E-state index in [1.54, 1.807) is 34.5 Å². The van der Waals surface area contributed by atoms with Gasteiger partial charge in [-0.1, -0.05) is 18.2 Å². The zero-order valence-corrected chi connectivity index (χ0v) is 15.9. The highest BCUT2D eigenvalue weighted by atomic mass is 16.2. The molecule has 0 aliphatic carbocycles. The molecule has 0 radical (unpaired) electrons. The molecule has 1 aliphatic heterocycles. The van der Waals surface area contributed by atoms with Crippen LogP contribution in [0.1, 0.15) is 18.9 Å². The van der Waals surface area contributed by atoms with Gasteiger partial charge >= 0.3 is 0 Å². The summed E-state index contributed by atoms with van der Waals surface area (Å²) in [6.07, 6.45) is 7.12. The minimum Gasteiger partial charge on any atom is -0.347 e. The number of benzene rings is 1. The molecule has 0 fully saturated rings. The second-order valence-corrected chi connectivity index (χ2v) is 6.73. The van der Waals surface area contributed by atoms with E-state index in [0.29, 0.717) is 12.3 Å². The quantitative estimate of drug-likeness (QED) is 0.698. The van der Waals surface area contributed by atoms with Crippen molar-refractivity contribution in [3.05, 3.63) is 72.9 Å². The Morgan fingerprint density at radius 3 is 2.72 bits per heavy atom. The predicted octanol–water partition coefficient (Wildman–Crippen LogP) is 2.11. The van der Waals surface area contributed by atoms with E-state index in [1.807, 2.05) is 42.5 Å². The van der Waals surface area contributed by atoms with Crippen LogP contribution in [0, 0.1) is 0 Å². The number of carbonyl (C=O) groups excluding carboxylic acids is 2. The molecule has 3 heterocycles. The lowest BCUT2D eigenvalue weighted by atomic mass is 10.1. The van der Waals surface area contributed by atoms with Gasteiger partial charge in [0.1, 0.15) is 23.9 Å². The minimum atomic E-state index is -0.466. The number of imidazole rings is 1. The Morgan fingerprint density at radius 1 is 1.17 bits per heavy atom. The summed E-state index contributed by atoms with van der Waals surface area (Å²) in [5.41, 5.74) is 2.03. The molecule has 0 spiro atoms. The highest BCUT2D eigenvalue weighted by Crippen LogP contribution is 2.25. The van der Waals surface area contributed by atoms with Crippen LogP contribution in [0.2, 0.25) is 0 Å². The standard InChI is InChI=1S/C21H20N6O2/c1-15(28)19-12-18(25-27(19)17-5-3-2-4-6-17)21(29)24-13-16-7-8-23-20(11-16)26-10-9-22-14-26/h2-11,14,19H,12-13H2,1H3,(H,24,29). The SMILES string of the molecule is CC(=O)C1CC(C(=O)NCc2ccnc(-n3ccnc3)c2)=NN1c1ccccc1. The molecule has 0 saturated carbocycles. The number of nitrogens with one attached hydrogen (secondary N) is 1. The van der Waals surface area contributed by atoms with Crippen LogP contribution in [0.3, 0.4) is 0 Å². The molecule has 1 amide bonds. The lowest BCUT2D eigenvalue weighted by Gasteiger charge is -2.20. The average Bonchev–Trinajstić information content (AvgIpc) is 3.43. The van der Waals surface area contributed by atoms with Crippen molar-refractivity contribution in [2.45, 2.75) is 25.9 Å². The monoisotopic (exact) mass is 388 g/mol. The number of Topliss-reactive ketones (excluding diaryl/α,β-unsaturated/α-hetero) is 1. The van der Waals surface area contributed by atoms with Crippen molar-refractivity contribution in [3.63, 3.8) is 0 Å². The summed E-state index contributed by atoms with van der Waals surface area (Å²) in [6, 6.07) is 12.6. The van der Waals surface area contributed by atoms with Crippen LogP contribution in [0.25, 0.3) is 5.82 Å². The summed E-state index contributed by atoms with van der Waals surface area (Å²) < 4.78 is 1.79. The van der Waals surface area contributed by atoms with Crippen LogP contribution in [0.5, 0.6) is 0 Å². The van der Waals surface area contributed by atoms with Gasteiger partial charge in [-0.25, -0.2) is 9.97 Å². The first kappa shape index (κ1) is 18.5. The number of amides is 1. The molecule has 1 unspecified atom stereocenters. The number of para-hydroxylation sites is 1. The third-order valence-corrected chi connectivity index (χ3v) is 4.69. The lowest BCUT2D eigenvalue weighted by Crippen LogP contribution is -2.34. The first-order chi connectivity index (χ1) is 14.1. The van der Waals surface area contributed by atoms with E-state index in [-0.39, 0.29) is 18.1 Å². The Morgan fingerprint density at radius 2 is 2.00 bits per heavy atom. The van der Waals surface area contributed by atoms with Gasteiger partial charge in [-0.15, -0.1) is 0 Å². The van der Waals surface area contributed by atoms with Gasteiger partial charge in [0.15, 0.2) is 5.78 Å². The molecule has 3 aromatic rings. The zero-order chi connectivity index (χ0) is 20.2. The molecule has 146 valence electrons. The van der Waals surface area contributed by atoms with Crippen LogP contribution in [-0.4, -0.2) is 38.0 Å². The second kappa shape index (κ2) is 8.05. The number of nitrogens with zero attached hydrogens (tertiary/aromatic N) is 5. The van der Waals surface area contributed by atoms with E-state index >= 15 is 0 Å². The molecule has 29 heavy (non-hydrogen) atoms. The number of pyridine rings is 1. The van der Waals surface area contributed by atoms with Gasteiger partial charge in [-0.05, 0) is 36.8 Å². The van der Waals surface area contributed by atoms with E-state index in [1.165, 1.54) is 6.92 Å². The molecule has 0 bridgehead atoms. The summed E-state index contributed by atoms with van der Waals surface area (Å²) in [7, 11) is 0. The van der Waals surface area contributed by atoms with Gasteiger partial charge < -0.3 is 5.32 Å². The van der Waals surface area contributed by atoms with E-state index in [9.17, 15) is 9.59 Å². The van der Waals surface area contributed by atoms with Gasteiger partial charge in [-0.2, -0.15) is 5.10 Å². The summed E-state index contributed by atoms with van der Waals surface area (Å²) in [6.45, 7) is 1.85. The summed E-state index contributed by atoms with van der Waals surface area (Å²) in [5, 5.41) is 8.93. The van der Waals surface area contributed by atoms with Crippen LogP contribution in [0.15, 0.2) is 72.5 Å². The van der Waals surface area contributed by atoms with Crippen molar-refractivity contribution < 1.29 is 9.59 Å². The van der Waals surface area contributed by atoms with Crippen molar-refractivity contribution in [1.29, 1.82) is 0 Å². The maximum Gasteiger partial charge on any atom is 0.267 e. The van der Waals surface area contributed by atoms with E-state index in [4.69, 9.17) is 0 Å². The maximum absolute atomic E-state index is 12.7. The number of hydrogen-bond acceptors (Lipinski definition) is 6. The Bertz CT molecular complexity index is 1050. The molecule has 8 heteroatoms. The van der Waals surface area contributed by atoms with Crippen molar-refractivity contribution in [2.75, 3.05) is 5.01 Å². The van der Waals surface area contributed by atoms with Gasteiger partial charge in [0.05, 0.1) is 5.69 Å². The zero-order valence-electron chi connectivity index (χ0n) is 15.9. The number of hydrogen-bond donors (Lipinski definition) is 1. The molecule has 0 saturated heterocycles. The van der Waals surface area contributed by atoms with E-state index < -0.39 is 6.04 Å². The number of carbonyl (C=O) groups is 2. The number of ketones is 1. The fraction of sp³-hybridized carbons (Fsp3) is 0.190. The predicted molar refractivity (Wildman–Crippen MR) is 109 cm³/mol. The Kier molecular flexibility index (Phi) is 5.15. The molecule has 2 aromatic heterocycles. The van der Waals surface area contributed by atoms with Crippen molar-refractivity contribution in [3.8, 4) is 5.82 Å². The van der Waals surface area contributed by atoms with Crippen LogP contribution in [0.4, 0.5) is 5.69 Å². The van der Waals surface area contributed by atoms with Gasteiger partial charge in [0.25, 0.3) is 5.91 Å². The smallest absolute Gasteiger partial charge is 0.267 e. The van der Waals surface area contributed by atoms with Crippen molar-refractivity contribution in [1.82, 2.24) is 19.9 Å². The fourth-order valence-electron chi connectivity index (χ4n) is 3.17. The molecular formula is C21H20N6O2. The number of hydrazone groups is 1. The summed E-state index contributed by atoms with van der Waals surface area (Å²) in [4.78, 5) is 33.0. The third-order valence-electron chi connectivity index (χ3n) is 4.69. The first-order valence-electron chi connectivity index (χ1n) is 9.25. The largest absolute Gasteiger partial charge is 0.347 e. The molecular weight excluding hydrogens is 368 g/mol. The van der Waals surface area contributed by atoms with E-state index in [0.717, 1.165) is 17.1 Å². The third kappa shape index (κ3) is 4.06. The number of anilines is 1. The minimum absolute atomic E-state index is 0.0282. The van der Waals surface area contributed by atoms with E-state index in [2.05, 4.69) is 20.4 Å². The van der Waals surface area contributed by atoms with Crippen LogP contribution < -0.4 is 10.3 Å². The van der Waals surface area contributed by atoms with Crippen molar-refractivity contribution in [2.24, 2.45) is 5.10 Å². The Balaban J connectivity index is 1.46. The molecule has 1 aromatic carbocycles. The second-order valence-electron chi connectivity index (χ2n) is 6.73. The van der Waals surface area contributed by atoms with Gasteiger partial charge in [0, 0.05) is 31.6 Å². The Labute approximate surface area is 167 Å². The Hall–Kier alpha value is -3.81. The van der Waals surface area contributed by atoms with Gasteiger partial charge in [0.2, 0.25) is 0 Å². The highest BCUT2D eigenvalue weighted by molar-refractivity contribution is 6.40. The lowest BCUT2D eigenvalue weighted by molar-refractivity contribution is -0.118.